The Morgan fingerprint density at radius 3 is 2.46 bits per heavy atom. The maximum atomic E-state index is 12.0. The van der Waals surface area contributed by atoms with Crippen LogP contribution in [0, 0.1) is 6.92 Å². The smallest absolute Gasteiger partial charge is 0.244 e. The normalized spacial score (nSPS) is 15.0. The maximum absolute atomic E-state index is 12.0. The van der Waals surface area contributed by atoms with Gasteiger partial charge in [-0.05, 0) is 43.0 Å². The van der Waals surface area contributed by atoms with Crippen molar-refractivity contribution in [3.8, 4) is 0 Å². The summed E-state index contributed by atoms with van der Waals surface area (Å²) in [7, 11) is 0. The second-order valence-corrected chi connectivity index (χ2v) is 6.89. The average molecular weight is 349 g/mol. The lowest BCUT2D eigenvalue weighted by Gasteiger charge is -2.21. The highest BCUT2D eigenvalue weighted by molar-refractivity contribution is 5.91. The zero-order valence-electron chi connectivity index (χ0n) is 15.4. The van der Waals surface area contributed by atoms with Crippen LogP contribution in [0.1, 0.15) is 42.4 Å². The van der Waals surface area contributed by atoms with Crippen LogP contribution in [0.2, 0.25) is 0 Å². The monoisotopic (exact) mass is 349 g/mol. The molecule has 0 unspecified atom stereocenters. The molecule has 26 heavy (non-hydrogen) atoms. The zero-order chi connectivity index (χ0) is 18.2. The number of hydrogen-bond donors (Lipinski definition) is 1. The van der Waals surface area contributed by atoms with Gasteiger partial charge in [-0.25, -0.2) is 4.98 Å². The number of carbonyl (C=O) groups is 1. The first-order valence-electron chi connectivity index (χ1n) is 9.43. The van der Waals surface area contributed by atoms with Crippen molar-refractivity contribution in [2.75, 3.05) is 18.0 Å². The van der Waals surface area contributed by atoms with Crippen LogP contribution in [0.25, 0.3) is 6.08 Å². The van der Waals surface area contributed by atoms with Crippen molar-refractivity contribution in [2.45, 2.75) is 39.2 Å². The number of nitrogens with one attached hydrogen (secondary N) is 1. The number of carbonyl (C=O) groups excluding carboxylic acids is 1. The minimum Gasteiger partial charge on any atom is -0.357 e. The van der Waals surface area contributed by atoms with E-state index in [1.807, 2.05) is 43.5 Å². The SMILES string of the molecule is Cc1ccc(/C=C\C(=O)NCc2ccc(N3CCCCCC3)nc2)cc1. The molecule has 0 atom stereocenters. The number of aromatic nitrogens is 1. The van der Waals surface area contributed by atoms with Crippen LogP contribution in [0.4, 0.5) is 5.82 Å². The number of amides is 1. The molecule has 1 N–H and O–H groups in total. The molecule has 4 nitrogen and oxygen atoms in total. The number of pyridine rings is 1. The second-order valence-electron chi connectivity index (χ2n) is 6.89. The summed E-state index contributed by atoms with van der Waals surface area (Å²) in [6, 6.07) is 12.2. The number of benzene rings is 1. The average Bonchev–Trinajstić information content (AvgIpc) is 2.96. The second kappa shape index (κ2) is 9.18. The molecule has 1 amide bonds. The Labute approximate surface area is 155 Å². The molecule has 0 bridgehead atoms. The van der Waals surface area contributed by atoms with Crippen molar-refractivity contribution in [2.24, 2.45) is 0 Å². The van der Waals surface area contributed by atoms with Gasteiger partial charge in [0, 0.05) is 31.9 Å². The molecule has 1 aliphatic heterocycles. The molecule has 1 saturated heterocycles. The summed E-state index contributed by atoms with van der Waals surface area (Å²) >= 11 is 0. The largest absolute Gasteiger partial charge is 0.357 e. The van der Waals surface area contributed by atoms with Gasteiger partial charge in [0.15, 0.2) is 0 Å². The number of nitrogens with zero attached hydrogens (tertiary/aromatic N) is 2. The molecule has 1 aromatic heterocycles. The van der Waals surface area contributed by atoms with E-state index < -0.39 is 0 Å². The predicted molar refractivity (Wildman–Crippen MR) is 107 cm³/mol. The Bertz CT molecular complexity index is 727. The molecule has 136 valence electrons. The van der Waals surface area contributed by atoms with E-state index in [9.17, 15) is 4.79 Å². The standard InChI is InChI=1S/C22H27N3O/c1-18-6-8-19(9-7-18)11-13-22(26)24-17-20-10-12-21(23-16-20)25-14-4-2-3-5-15-25/h6-13,16H,2-5,14-15,17H2,1H3,(H,24,26)/b13-11-. The molecule has 2 aromatic rings. The van der Waals surface area contributed by atoms with E-state index >= 15 is 0 Å². The van der Waals surface area contributed by atoms with Gasteiger partial charge in [-0.2, -0.15) is 0 Å². The van der Waals surface area contributed by atoms with Crippen LogP contribution < -0.4 is 10.2 Å². The molecule has 0 saturated carbocycles. The summed E-state index contributed by atoms with van der Waals surface area (Å²) in [6.07, 6.45) is 10.4. The Hall–Kier alpha value is -2.62. The van der Waals surface area contributed by atoms with Gasteiger partial charge in [0.25, 0.3) is 0 Å². The molecule has 3 rings (SSSR count). The van der Waals surface area contributed by atoms with Crippen molar-refractivity contribution in [1.82, 2.24) is 10.3 Å². The first kappa shape index (κ1) is 18.2. The number of hydrogen-bond acceptors (Lipinski definition) is 3. The van der Waals surface area contributed by atoms with Gasteiger partial charge in [0.1, 0.15) is 5.82 Å². The summed E-state index contributed by atoms with van der Waals surface area (Å²) in [5.41, 5.74) is 3.25. The van der Waals surface area contributed by atoms with Gasteiger partial charge in [-0.15, -0.1) is 0 Å². The van der Waals surface area contributed by atoms with Crippen molar-refractivity contribution in [1.29, 1.82) is 0 Å². The fourth-order valence-electron chi connectivity index (χ4n) is 3.11. The van der Waals surface area contributed by atoms with Gasteiger partial charge >= 0.3 is 0 Å². The molecule has 4 heteroatoms. The van der Waals surface area contributed by atoms with Crippen LogP contribution in [0.3, 0.4) is 0 Å². The zero-order valence-corrected chi connectivity index (χ0v) is 15.4. The summed E-state index contributed by atoms with van der Waals surface area (Å²) in [6.45, 7) is 4.72. The molecule has 1 aliphatic rings. The van der Waals surface area contributed by atoms with Crippen LogP contribution in [-0.4, -0.2) is 24.0 Å². The van der Waals surface area contributed by atoms with Gasteiger partial charge in [-0.3, -0.25) is 4.79 Å². The van der Waals surface area contributed by atoms with Gasteiger partial charge in [0.05, 0.1) is 0 Å². The Morgan fingerprint density at radius 1 is 1.08 bits per heavy atom. The third-order valence-electron chi connectivity index (χ3n) is 4.71. The van der Waals surface area contributed by atoms with Crippen molar-refractivity contribution >= 4 is 17.8 Å². The third kappa shape index (κ3) is 5.45. The van der Waals surface area contributed by atoms with E-state index in [0.29, 0.717) is 6.54 Å². The fraction of sp³-hybridized carbons (Fsp3) is 0.364. The fourth-order valence-corrected chi connectivity index (χ4v) is 3.11. The topological polar surface area (TPSA) is 45.2 Å². The van der Waals surface area contributed by atoms with E-state index in [0.717, 1.165) is 30.0 Å². The Morgan fingerprint density at radius 2 is 1.81 bits per heavy atom. The van der Waals surface area contributed by atoms with Crippen molar-refractivity contribution in [3.63, 3.8) is 0 Å². The Kier molecular flexibility index (Phi) is 6.42. The molecule has 1 aromatic carbocycles. The highest BCUT2D eigenvalue weighted by atomic mass is 16.1. The van der Waals surface area contributed by atoms with E-state index in [2.05, 4.69) is 27.3 Å². The van der Waals surface area contributed by atoms with E-state index in [1.165, 1.54) is 31.2 Å². The molecule has 2 heterocycles. The minimum absolute atomic E-state index is 0.0952. The number of aryl methyl sites for hydroxylation is 1. The summed E-state index contributed by atoms with van der Waals surface area (Å²) in [5, 5.41) is 2.91. The van der Waals surface area contributed by atoms with Crippen molar-refractivity contribution < 1.29 is 4.79 Å². The molecular formula is C22H27N3O. The quantitative estimate of drug-likeness (QED) is 0.827. The van der Waals surface area contributed by atoms with Gasteiger partial charge < -0.3 is 10.2 Å². The Balaban J connectivity index is 1.49. The highest BCUT2D eigenvalue weighted by Crippen LogP contribution is 2.17. The lowest BCUT2D eigenvalue weighted by atomic mass is 10.1. The van der Waals surface area contributed by atoms with E-state index in [4.69, 9.17) is 0 Å². The summed E-state index contributed by atoms with van der Waals surface area (Å²) < 4.78 is 0. The molecule has 0 aliphatic carbocycles. The number of rotatable bonds is 5. The lowest BCUT2D eigenvalue weighted by Crippen LogP contribution is -2.25. The molecule has 0 spiro atoms. The van der Waals surface area contributed by atoms with Gasteiger partial charge in [0.2, 0.25) is 5.91 Å². The van der Waals surface area contributed by atoms with E-state index in [-0.39, 0.29) is 5.91 Å². The first-order chi connectivity index (χ1) is 12.7. The predicted octanol–water partition coefficient (Wildman–Crippen LogP) is 4.10. The first-order valence-corrected chi connectivity index (χ1v) is 9.43. The summed E-state index contributed by atoms with van der Waals surface area (Å²) in [4.78, 5) is 18.9. The minimum atomic E-state index is -0.0952. The van der Waals surface area contributed by atoms with Crippen LogP contribution >= 0.6 is 0 Å². The van der Waals surface area contributed by atoms with Crippen LogP contribution in [-0.2, 0) is 11.3 Å². The van der Waals surface area contributed by atoms with Crippen LogP contribution in [0.5, 0.6) is 0 Å². The lowest BCUT2D eigenvalue weighted by molar-refractivity contribution is -0.116. The third-order valence-corrected chi connectivity index (χ3v) is 4.71. The number of anilines is 1. The molecular weight excluding hydrogens is 322 g/mol. The van der Waals surface area contributed by atoms with Gasteiger partial charge in [-0.1, -0.05) is 48.7 Å². The molecule has 0 radical (unpaired) electrons. The van der Waals surface area contributed by atoms with Crippen molar-refractivity contribution in [3.05, 3.63) is 65.4 Å². The molecule has 1 fully saturated rings. The summed E-state index contributed by atoms with van der Waals surface area (Å²) in [5.74, 6) is 0.948. The van der Waals surface area contributed by atoms with Crippen LogP contribution in [0.15, 0.2) is 48.7 Å². The highest BCUT2D eigenvalue weighted by Gasteiger charge is 2.10. The maximum Gasteiger partial charge on any atom is 0.244 e. The van der Waals surface area contributed by atoms with E-state index in [1.54, 1.807) is 6.08 Å².